The lowest BCUT2D eigenvalue weighted by Crippen LogP contribution is -2.43. The molecule has 1 unspecified atom stereocenters. The van der Waals surface area contributed by atoms with Gasteiger partial charge in [0.25, 0.3) is 0 Å². The van der Waals surface area contributed by atoms with Crippen molar-refractivity contribution in [3.05, 3.63) is 29.8 Å². The highest BCUT2D eigenvalue weighted by Crippen LogP contribution is 2.32. The van der Waals surface area contributed by atoms with Crippen LogP contribution in [-0.4, -0.2) is 34.4 Å². The highest BCUT2D eigenvalue weighted by atomic mass is 32.2. The van der Waals surface area contributed by atoms with Gasteiger partial charge < -0.3 is 10.1 Å². The molecule has 20 heavy (non-hydrogen) atoms. The van der Waals surface area contributed by atoms with Crippen LogP contribution in [0.15, 0.2) is 29.4 Å². The third-order valence-corrected chi connectivity index (χ3v) is 5.28. The minimum absolute atomic E-state index is 0.0874. The minimum atomic E-state index is 0.0874. The second kappa shape index (κ2) is 5.87. The third-order valence-electron chi connectivity index (χ3n) is 3.92. The SMILES string of the molecule is O=C(C1CCCCS1)N1CC/C(=N/O)c2ccccc21. The predicted molar refractivity (Wildman–Crippen MR) is 81.8 cm³/mol. The van der Waals surface area contributed by atoms with Crippen molar-refractivity contribution >= 4 is 29.1 Å². The van der Waals surface area contributed by atoms with Crippen LogP contribution in [0.4, 0.5) is 5.69 Å². The highest BCUT2D eigenvalue weighted by Gasteiger charge is 2.31. The van der Waals surface area contributed by atoms with E-state index >= 15 is 0 Å². The fourth-order valence-electron chi connectivity index (χ4n) is 2.87. The van der Waals surface area contributed by atoms with Crippen LogP contribution in [0.2, 0.25) is 0 Å². The van der Waals surface area contributed by atoms with E-state index in [1.807, 2.05) is 29.2 Å². The van der Waals surface area contributed by atoms with Gasteiger partial charge in [-0.05, 0) is 24.7 Å². The van der Waals surface area contributed by atoms with Gasteiger partial charge in [0.15, 0.2) is 0 Å². The molecule has 1 amide bonds. The van der Waals surface area contributed by atoms with E-state index < -0.39 is 0 Å². The van der Waals surface area contributed by atoms with Crippen LogP contribution < -0.4 is 4.90 Å². The van der Waals surface area contributed by atoms with Gasteiger partial charge in [-0.3, -0.25) is 4.79 Å². The molecule has 0 radical (unpaired) electrons. The molecule has 1 aromatic rings. The Morgan fingerprint density at radius 3 is 2.95 bits per heavy atom. The van der Waals surface area contributed by atoms with Crippen molar-refractivity contribution in [3.8, 4) is 0 Å². The van der Waals surface area contributed by atoms with Gasteiger partial charge in [0.2, 0.25) is 5.91 Å². The molecule has 4 nitrogen and oxygen atoms in total. The minimum Gasteiger partial charge on any atom is -0.411 e. The second-order valence-electron chi connectivity index (χ2n) is 5.16. The summed E-state index contributed by atoms with van der Waals surface area (Å²) in [7, 11) is 0. The molecule has 0 bridgehead atoms. The molecule has 0 spiro atoms. The Labute approximate surface area is 122 Å². The summed E-state index contributed by atoms with van der Waals surface area (Å²) in [6.45, 7) is 0.603. The van der Waals surface area contributed by atoms with Gasteiger partial charge in [0, 0.05) is 18.5 Å². The van der Waals surface area contributed by atoms with Gasteiger partial charge in [0.1, 0.15) is 0 Å². The maximum Gasteiger partial charge on any atom is 0.240 e. The van der Waals surface area contributed by atoms with Crippen molar-refractivity contribution in [1.82, 2.24) is 0 Å². The van der Waals surface area contributed by atoms with Crippen molar-refractivity contribution in [2.75, 3.05) is 17.2 Å². The number of benzene rings is 1. The van der Waals surface area contributed by atoms with E-state index in [4.69, 9.17) is 5.21 Å². The molecule has 0 saturated carbocycles. The van der Waals surface area contributed by atoms with Gasteiger partial charge >= 0.3 is 0 Å². The van der Waals surface area contributed by atoms with E-state index in [0.29, 0.717) is 18.7 Å². The lowest BCUT2D eigenvalue weighted by Gasteiger charge is -2.33. The average Bonchev–Trinajstić information content (AvgIpc) is 2.54. The van der Waals surface area contributed by atoms with E-state index in [2.05, 4.69) is 5.16 Å². The van der Waals surface area contributed by atoms with Crippen molar-refractivity contribution < 1.29 is 10.0 Å². The third kappa shape index (κ3) is 2.42. The van der Waals surface area contributed by atoms with Crippen LogP contribution in [0.3, 0.4) is 0 Å². The van der Waals surface area contributed by atoms with Crippen LogP contribution in [0.1, 0.15) is 31.2 Å². The number of anilines is 1. The van der Waals surface area contributed by atoms with Crippen LogP contribution >= 0.6 is 11.8 Å². The molecule has 1 atom stereocenters. The topological polar surface area (TPSA) is 52.9 Å². The number of nitrogens with zero attached hydrogens (tertiary/aromatic N) is 2. The number of oxime groups is 1. The molecule has 1 saturated heterocycles. The van der Waals surface area contributed by atoms with Crippen molar-refractivity contribution in [1.29, 1.82) is 0 Å². The van der Waals surface area contributed by atoms with Gasteiger partial charge in [-0.25, -0.2) is 0 Å². The number of rotatable bonds is 1. The Bertz CT molecular complexity index is 538. The molecule has 5 heteroatoms. The summed E-state index contributed by atoms with van der Waals surface area (Å²) in [4.78, 5) is 14.6. The van der Waals surface area contributed by atoms with E-state index in [1.54, 1.807) is 11.8 Å². The molecule has 2 aliphatic heterocycles. The Balaban J connectivity index is 1.89. The quantitative estimate of drug-likeness (QED) is 0.639. The summed E-state index contributed by atoms with van der Waals surface area (Å²) in [6, 6.07) is 7.68. The number of amides is 1. The number of hydrogen-bond donors (Lipinski definition) is 1. The summed E-state index contributed by atoms with van der Waals surface area (Å²) in [5.41, 5.74) is 2.42. The molecule has 2 aliphatic rings. The number of para-hydroxylation sites is 1. The summed E-state index contributed by atoms with van der Waals surface area (Å²) in [5.74, 6) is 1.29. The maximum absolute atomic E-state index is 12.7. The zero-order valence-electron chi connectivity index (χ0n) is 11.3. The summed E-state index contributed by atoms with van der Waals surface area (Å²) in [5, 5.41) is 12.5. The van der Waals surface area contributed by atoms with Crippen molar-refractivity contribution in [2.24, 2.45) is 5.16 Å². The molecule has 1 N–H and O–H groups in total. The first-order chi connectivity index (χ1) is 9.81. The number of hydrogen-bond acceptors (Lipinski definition) is 4. The molecule has 1 fully saturated rings. The zero-order chi connectivity index (χ0) is 13.9. The smallest absolute Gasteiger partial charge is 0.240 e. The van der Waals surface area contributed by atoms with E-state index in [-0.39, 0.29) is 11.2 Å². The lowest BCUT2D eigenvalue weighted by molar-refractivity contribution is -0.118. The van der Waals surface area contributed by atoms with Crippen molar-refractivity contribution in [3.63, 3.8) is 0 Å². The van der Waals surface area contributed by atoms with E-state index in [1.165, 1.54) is 6.42 Å². The van der Waals surface area contributed by atoms with Gasteiger partial charge in [0.05, 0.1) is 16.6 Å². The monoisotopic (exact) mass is 290 g/mol. The summed E-state index contributed by atoms with van der Waals surface area (Å²) >= 11 is 1.78. The molecule has 106 valence electrons. The first-order valence-electron chi connectivity index (χ1n) is 7.04. The highest BCUT2D eigenvalue weighted by molar-refractivity contribution is 8.00. The predicted octanol–water partition coefficient (Wildman–Crippen LogP) is 2.89. The second-order valence-corrected chi connectivity index (χ2v) is 6.47. The Hall–Kier alpha value is -1.49. The first kappa shape index (κ1) is 13.5. The standard InChI is InChI=1S/C15H18N2O2S/c18-15(14-7-3-4-10-20-14)17-9-8-12(16-19)11-5-1-2-6-13(11)17/h1-2,5-6,14,19H,3-4,7-10H2/b16-12-. The number of carbonyl (C=O) groups is 1. The van der Waals surface area contributed by atoms with Crippen LogP contribution in [0.5, 0.6) is 0 Å². The molecule has 0 aromatic heterocycles. The Morgan fingerprint density at radius 1 is 1.35 bits per heavy atom. The van der Waals surface area contributed by atoms with Gasteiger partial charge in [-0.2, -0.15) is 0 Å². The van der Waals surface area contributed by atoms with Gasteiger partial charge in [-0.15, -0.1) is 11.8 Å². The molecule has 3 rings (SSSR count). The maximum atomic E-state index is 12.7. The normalized spacial score (nSPS) is 24.5. The number of fused-ring (bicyclic) bond motifs is 1. The fraction of sp³-hybridized carbons (Fsp3) is 0.467. The molecular formula is C15H18N2O2S. The zero-order valence-corrected chi connectivity index (χ0v) is 12.1. The van der Waals surface area contributed by atoms with Gasteiger partial charge in [-0.1, -0.05) is 29.8 Å². The Kier molecular flexibility index (Phi) is 3.96. The van der Waals surface area contributed by atoms with E-state index in [9.17, 15) is 4.79 Å². The average molecular weight is 290 g/mol. The van der Waals surface area contributed by atoms with Crippen LogP contribution in [0, 0.1) is 0 Å². The molecule has 2 heterocycles. The lowest BCUT2D eigenvalue weighted by atomic mass is 9.99. The molecule has 0 aliphatic carbocycles. The first-order valence-corrected chi connectivity index (χ1v) is 8.09. The molecule has 1 aromatic carbocycles. The van der Waals surface area contributed by atoms with E-state index in [0.717, 1.165) is 29.8 Å². The number of carbonyl (C=O) groups excluding carboxylic acids is 1. The van der Waals surface area contributed by atoms with Crippen molar-refractivity contribution in [2.45, 2.75) is 30.9 Å². The number of thioether (sulfide) groups is 1. The summed E-state index contributed by atoms with van der Waals surface area (Å²) < 4.78 is 0. The van der Waals surface area contributed by atoms with Crippen LogP contribution in [-0.2, 0) is 4.79 Å². The fourth-order valence-corrected chi connectivity index (χ4v) is 4.13. The largest absolute Gasteiger partial charge is 0.411 e. The van der Waals surface area contributed by atoms with Crippen LogP contribution in [0.25, 0.3) is 0 Å². The molecular weight excluding hydrogens is 272 g/mol. The summed E-state index contributed by atoms with van der Waals surface area (Å²) in [6.07, 6.45) is 3.94. The Morgan fingerprint density at radius 2 is 2.20 bits per heavy atom.